The topological polar surface area (TPSA) is 24.9 Å². The van der Waals surface area contributed by atoms with Gasteiger partial charge in [-0.1, -0.05) is 11.6 Å². The van der Waals surface area contributed by atoms with E-state index < -0.39 is 0 Å². The Morgan fingerprint density at radius 2 is 2.36 bits per heavy atom. The van der Waals surface area contributed by atoms with E-state index in [1.54, 1.807) is 6.20 Å². The fourth-order valence-electron chi connectivity index (χ4n) is 2.40. The van der Waals surface area contributed by atoms with Gasteiger partial charge in [0.15, 0.2) is 0 Å². The third-order valence-corrected chi connectivity index (χ3v) is 3.79. The van der Waals surface area contributed by atoms with E-state index in [1.807, 2.05) is 12.3 Å². The first-order valence-electron chi connectivity index (χ1n) is 5.14. The standard InChI is InChI=1S/C11H13ClN2/c12-10-1-4-13-7-9(10)8-5-11(2-3-11)14-6-8/h1,4,7-8,14H,2-3,5-6H2. The van der Waals surface area contributed by atoms with Crippen LogP contribution in [0.5, 0.6) is 0 Å². The second-order valence-corrected chi connectivity index (χ2v) is 4.87. The zero-order valence-electron chi connectivity index (χ0n) is 7.96. The molecule has 3 rings (SSSR count). The fraction of sp³-hybridized carbons (Fsp3) is 0.545. The maximum atomic E-state index is 6.15. The Labute approximate surface area is 88.7 Å². The number of nitrogens with zero attached hydrogens (tertiary/aromatic N) is 1. The van der Waals surface area contributed by atoms with E-state index in [0.29, 0.717) is 11.5 Å². The molecule has 1 aliphatic heterocycles. The highest BCUT2D eigenvalue weighted by Crippen LogP contribution is 2.48. The summed E-state index contributed by atoms with van der Waals surface area (Å²) < 4.78 is 0. The number of aromatic nitrogens is 1. The first-order chi connectivity index (χ1) is 6.79. The van der Waals surface area contributed by atoms with Crippen molar-refractivity contribution in [1.29, 1.82) is 0 Å². The summed E-state index contributed by atoms with van der Waals surface area (Å²) in [4.78, 5) is 4.15. The zero-order valence-corrected chi connectivity index (χ0v) is 8.72. The molecular formula is C11H13ClN2. The molecule has 0 bridgehead atoms. The number of halogens is 1. The third-order valence-electron chi connectivity index (χ3n) is 3.45. The van der Waals surface area contributed by atoms with E-state index >= 15 is 0 Å². The quantitative estimate of drug-likeness (QED) is 0.767. The lowest BCUT2D eigenvalue weighted by Crippen LogP contribution is -2.22. The molecule has 74 valence electrons. The van der Waals surface area contributed by atoms with Gasteiger partial charge in [0, 0.05) is 35.4 Å². The smallest absolute Gasteiger partial charge is 0.0471 e. The molecule has 0 amide bonds. The second kappa shape index (κ2) is 2.94. The van der Waals surface area contributed by atoms with Crippen LogP contribution in [0.25, 0.3) is 0 Å². The molecule has 1 spiro atoms. The number of rotatable bonds is 1. The van der Waals surface area contributed by atoms with Gasteiger partial charge >= 0.3 is 0 Å². The number of pyridine rings is 1. The summed E-state index contributed by atoms with van der Waals surface area (Å²) in [5.74, 6) is 0.568. The van der Waals surface area contributed by atoms with Gasteiger partial charge in [-0.3, -0.25) is 4.98 Å². The Hall–Kier alpha value is -0.600. The predicted molar refractivity (Wildman–Crippen MR) is 56.6 cm³/mol. The predicted octanol–water partition coefficient (Wildman–Crippen LogP) is 2.34. The van der Waals surface area contributed by atoms with Crippen molar-refractivity contribution in [3.63, 3.8) is 0 Å². The molecule has 1 atom stereocenters. The van der Waals surface area contributed by atoms with Crippen LogP contribution in [0.2, 0.25) is 5.02 Å². The minimum atomic E-state index is 0.476. The van der Waals surface area contributed by atoms with Crippen LogP contribution in [-0.4, -0.2) is 17.1 Å². The Bertz CT molecular complexity index is 360. The molecule has 14 heavy (non-hydrogen) atoms. The van der Waals surface area contributed by atoms with E-state index in [-0.39, 0.29) is 0 Å². The maximum Gasteiger partial charge on any atom is 0.0471 e. The van der Waals surface area contributed by atoms with E-state index in [1.165, 1.54) is 24.8 Å². The highest BCUT2D eigenvalue weighted by atomic mass is 35.5. The lowest BCUT2D eigenvalue weighted by molar-refractivity contribution is 0.595. The zero-order chi connectivity index (χ0) is 9.60. The molecule has 2 nitrogen and oxygen atoms in total. The molecule has 1 saturated heterocycles. The van der Waals surface area contributed by atoms with E-state index in [0.717, 1.165) is 11.6 Å². The molecule has 1 aliphatic carbocycles. The lowest BCUT2D eigenvalue weighted by atomic mass is 9.97. The molecule has 2 aliphatic rings. The van der Waals surface area contributed by atoms with Crippen molar-refractivity contribution in [2.75, 3.05) is 6.54 Å². The Morgan fingerprint density at radius 3 is 3.00 bits per heavy atom. The molecule has 3 heteroatoms. The molecule has 1 aromatic rings. The monoisotopic (exact) mass is 208 g/mol. The highest BCUT2D eigenvalue weighted by Gasteiger charge is 2.48. The van der Waals surface area contributed by atoms with Gasteiger partial charge in [0.05, 0.1) is 0 Å². The van der Waals surface area contributed by atoms with Gasteiger partial charge in [0.2, 0.25) is 0 Å². The molecule has 1 N–H and O–H groups in total. The normalized spacial score (nSPS) is 28.2. The van der Waals surface area contributed by atoms with Crippen LogP contribution >= 0.6 is 11.6 Å². The molecule has 0 radical (unpaired) electrons. The van der Waals surface area contributed by atoms with Crippen molar-refractivity contribution in [2.24, 2.45) is 0 Å². The van der Waals surface area contributed by atoms with Gasteiger partial charge < -0.3 is 5.32 Å². The van der Waals surface area contributed by atoms with Crippen molar-refractivity contribution >= 4 is 11.6 Å². The fourth-order valence-corrected chi connectivity index (χ4v) is 2.66. The van der Waals surface area contributed by atoms with Crippen LogP contribution < -0.4 is 5.32 Å². The van der Waals surface area contributed by atoms with E-state index in [4.69, 9.17) is 11.6 Å². The van der Waals surface area contributed by atoms with Crippen molar-refractivity contribution in [2.45, 2.75) is 30.7 Å². The highest BCUT2D eigenvalue weighted by molar-refractivity contribution is 6.31. The minimum Gasteiger partial charge on any atom is -0.311 e. The molecular weight excluding hydrogens is 196 g/mol. The van der Waals surface area contributed by atoms with Crippen LogP contribution in [0, 0.1) is 0 Å². The van der Waals surface area contributed by atoms with Gasteiger partial charge in [-0.25, -0.2) is 0 Å². The van der Waals surface area contributed by atoms with Gasteiger partial charge in [0.25, 0.3) is 0 Å². The summed E-state index contributed by atoms with van der Waals surface area (Å²) >= 11 is 6.15. The van der Waals surface area contributed by atoms with Gasteiger partial charge in [-0.15, -0.1) is 0 Å². The second-order valence-electron chi connectivity index (χ2n) is 4.46. The van der Waals surface area contributed by atoms with E-state index in [2.05, 4.69) is 10.3 Å². The summed E-state index contributed by atoms with van der Waals surface area (Å²) in [5, 5.41) is 4.46. The van der Waals surface area contributed by atoms with Crippen molar-refractivity contribution in [3.8, 4) is 0 Å². The average Bonchev–Trinajstić information content (AvgIpc) is 2.79. The van der Waals surface area contributed by atoms with Crippen molar-refractivity contribution in [1.82, 2.24) is 10.3 Å². The van der Waals surface area contributed by atoms with Crippen LogP contribution in [0.15, 0.2) is 18.5 Å². The van der Waals surface area contributed by atoms with Crippen LogP contribution in [0.1, 0.15) is 30.7 Å². The first kappa shape index (κ1) is 8.69. The van der Waals surface area contributed by atoms with Gasteiger partial charge in [0.1, 0.15) is 0 Å². The van der Waals surface area contributed by atoms with Crippen LogP contribution in [0.4, 0.5) is 0 Å². The molecule has 1 aromatic heterocycles. The number of nitrogens with one attached hydrogen (secondary N) is 1. The van der Waals surface area contributed by atoms with Crippen LogP contribution in [0.3, 0.4) is 0 Å². The molecule has 0 aromatic carbocycles. The summed E-state index contributed by atoms with van der Waals surface area (Å²) in [5.41, 5.74) is 1.69. The third kappa shape index (κ3) is 1.33. The average molecular weight is 209 g/mol. The summed E-state index contributed by atoms with van der Waals surface area (Å²) in [6.45, 7) is 1.06. The maximum absolute atomic E-state index is 6.15. The van der Waals surface area contributed by atoms with Gasteiger partial charge in [-0.2, -0.15) is 0 Å². The Kier molecular flexibility index (Phi) is 1.83. The van der Waals surface area contributed by atoms with Crippen LogP contribution in [-0.2, 0) is 0 Å². The number of hydrogen-bond acceptors (Lipinski definition) is 2. The molecule has 1 unspecified atom stereocenters. The Balaban J connectivity index is 1.86. The van der Waals surface area contributed by atoms with Crippen molar-refractivity contribution < 1.29 is 0 Å². The molecule has 1 saturated carbocycles. The van der Waals surface area contributed by atoms with Gasteiger partial charge in [-0.05, 0) is 30.9 Å². The Morgan fingerprint density at radius 1 is 1.50 bits per heavy atom. The SMILES string of the molecule is Clc1ccncc1C1CNC2(CC2)C1. The molecule has 2 heterocycles. The molecule has 2 fully saturated rings. The van der Waals surface area contributed by atoms with E-state index in [9.17, 15) is 0 Å². The summed E-state index contributed by atoms with van der Waals surface area (Å²) in [6.07, 6.45) is 7.57. The van der Waals surface area contributed by atoms with Crippen molar-refractivity contribution in [3.05, 3.63) is 29.0 Å². The number of hydrogen-bond donors (Lipinski definition) is 1. The summed E-state index contributed by atoms with van der Waals surface area (Å²) in [7, 11) is 0. The lowest BCUT2D eigenvalue weighted by Gasteiger charge is -2.10. The largest absolute Gasteiger partial charge is 0.311 e. The summed E-state index contributed by atoms with van der Waals surface area (Å²) in [6, 6.07) is 1.88. The first-order valence-corrected chi connectivity index (χ1v) is 5.51. The minimum absolute atomic E-state index is 0.476.